The van der Waals surface area contributed by atoms with Gasteiger partial charge in [-0.05, 0) is 34.4 Å². The molecule has 0 aliphatic heterocycles. The SMILES string of the molecule is CC(C)(C)CC(O)CNc1cc(F)c(I)cc1[N+](=O)[O-]. The van der Waals surface area contributed by atoms with Crippen LogP contribution >= 0.6 is 22.6 Å². The fraction of sp³-hybridized carbons (Fsp3) is 0.538. The van der Waals surface area contributed by atoms with Crippen molar-refractivity contribution in [2.45, 2.75) is 33.3 Å². The molecule has 5 nitrogen and oxygen atoms in total. The molecule has 0 heterocycles. The number of nitro benzene ring substituents is 1. The molecule has 0 aliphatic carbocycles. The lowest BCUT2D eigenvalue weighted by Gasteiger charge is -2.22. The Hall–Kier alpha value is -0.960. The summed E-state index contributed by atoms with van der Waals surface area (Å²) in [5, 5.41) is 23.6. The number of hydrogen-bond donors (Lipinski definition) is 2. The molecule has 0 aromatic heterocycles. The molecule has 0 amide bonds. The Morgan fingerprint density at radius 2 is 2.10 bits per heavy atom. The van der Waals surface area contributed by atoms with Crippen molar-refractivity contribution in [3.8, 4) is 0 Å². The van der Waals surface area contributed by atoms with E-state index in [1.165, 1.54) is 6.07 Å². The van der Waals surface area contributed by atoms with Crippen molar-refractivity contribution in [3.63, 3.8) is 0 Å². The lowest BCUT2D eigenvalue weighted by atomic mass is 9.89. The van der Waals surface area contributed by atoms with Crippen molar-refractivity contribution >= 4 is 34.0 Å². The average molecular weight is 396 g/mol. The second-order valence-corrected chi connectivity index (χ2v) is 7.00. The normalized spacial score (nSPS) is 13.1. The highest BCUT2D eigenvalue weighted by Crippen LogP contribution is 2.29. The summed E-state index contributed by atoms with van der Waals surface area (Å²) in [6.07, 6.45) is -0.113. The van der Waals surface area contributed by atoms with Crippen LogP contribution in [0.3, 0.4) is 0 Å². The van der Waals surface area contributed by atoms with Crippen LogP contribution in [0.15, 0.2) is 12.1 Å². The summed E-state index contributed by atoms with van der Waals surface area (Å²) in [7, 11) is 0. The Morgan fingerprint density at radius 3 is 2.60 bits per heavy atom. The minimum atomic E-state index is -0.656. The summed E-state index contributed by atoms with van der Waals surface area (Å²) in [5.74, 6) is -0.524. The van der Waals surface area contributed by atoms with E-state index in [9.17, 15) is 19.6 Å². The summed E-state index contributed by atoms with van der Waals surface area (Å²) >= 11 is 1.70. The van der Waals surface area contributed by atoms with Crippen LogP contribution in [0, 0.1) is 24.9 Å². The summed E-state index contributed by atoms with van der Waals surface area (Å²) in [6, 6.07) is 2.26. The van der Waals surface area contributed by atoms with Gasteiger partial charge in [0.1, 0.15) is 11.5 Å². The van der Waals surface area contributed by atoms with Crippen LogP contribution in [0.5, 0.6) is 0 Å². The molecular formula is C13H18FIN2O3. The van der Waals surface area contributed by atoms with E-state index in [1.54, 1.807) is 22.6 Å². The first kappa shape index (κ1) is 17.1. The molecule has 1 aromatic carbocycles. The van der Waals surface area contributed by atoms with E-state index in [4.69, 9.17) is 0 Å². The lowest BCUT2D eigenvalue weighted by Crippen LogP contribution is -2.25. The summed E-state index contributed by atoms with van der Waals surface area (Å²) in [4.78, 5) is 10.4. The maximum atomic E-state index is 13.5. The van der Waals surface area contributed by atoms with Gasteiger partial charge < -0.3 is 10.4 Å². The molecular weight excluding hydrogens is 378 g/mol. The predicted molar refractivity (Wildman–Crippen MR) is 84.3 cm³/mol. The van der Waals surface area contributed by atoms with Gasteiger partial charge in [-0.2, -0.15) is 0 Å². The monoisotopic (exact) mass is 396 g/mol. The molecule has 1 unspecified atom stereocenters. The lowest BCUT2D eigenvalue weighted by molar-refractivity contribution is -0.384. The van der Waals surface area contributed by atoms with Gasteiger partial charge in [-0.3, -0.25) is 10.1 Å². The van der Waals surface area contributed by atoms with Crippen molar-refractivity contribution in [2.24, 2.45) is 5.41 Å². The number of anilines is 1. The summed E-state index contributed by atoms with van der Waals surface area (Å²) in [5.41, 5.74) is -0.163. The molecule has 0 spiro atoms. The van der Waals surface area contributed by atoms with Gasteiger partial charge in [0.2, 0.25) is 0 Å². The zero-order valence-electron chi connectivity index (χ0n) is 11.6. The van der Waals surface area contributed by atoms with Gasteiger partial charge in [0.05, 0.1) is 14.6 Å². The predicted octanol–water partition coefficient (Wildman–Crippen LogP) is 3.55. The molecule has 1 rings (SSSR count). The zero-order chi connectivity index (χ0) is 15.5. The van der Waals surface area contributed by atoms with E-state index in [2.05, 4.69) is 5.32 Å². The fourth-order valence-corrected chi connectivity index (χ4v) is 2.29. The largest absolute Gasteiger partial charge is 0.391 e. The molecule has 2 N–H and O–H groups in total. The van der Waals surface area contributed by atoms with Gasteiger partial charge in [-0.15, -0.1) is 0 Å². The van der Waals surface area contributed by atoms with Crippen LogP contribution in [-0.4, -0.2) is 22.7 Å². The third kappa shape index (κ3) is 5.20. The molecule has 20 heavy (non-hydrogen) atoms. The van der Waals surface area contributed by atoms with Crippen molar-refractivity contribution in [2.75, 3.05) is 11.9 Å². The highest BCUT2D eigenvalue weighted by Gasteiger charge is 2.20. The third-order valence-corrected chi connectivity index (χ3v) is 3.44. The molecule has 0 aliphatic rings. The van der Waals surface area contributed by atoms with Gasteiger partial charge in [-0.25, -0.2) is 4.39 Å². The van der Waals surface area contributed by atoms with Gasteiger partial charge in [-0.1, -0.05) is 20.8 Å². The maximum absolute atomic E-state index is 13.5. The number of nitrogens with zero attached hydrogens (tertiary/aromatic N) is 1. The quantitative estimate of drug-likeness (QED) is 0.454. The van der Waals surface area contributed by atoms with Crippen LogP contribution in [0.1, 0.15) is 27.2 Å². The Bertz CT molecular complexity index is 503. The standard InChI is InChI=1S/C13H18FIN2O3/c1-13(2,3)6-8(18)7-16-11-4-9(14)10(15)5-12(11)17(19)20/h4-5,8,16,18H,6-7H2,1-3H3. The molecule has 1 atom stereocenters. The van der Waals surface area contributed by atoms with Crippen molar-refractivity contribution < 1.29 is 14.4 Å². The minimum absolute atomic E-state index is 0.0512. The average Bonchev–Trinajstić information content (AvgIpc) is 2.27. The number of nitro groups is 1. The Kier molecular flexibility index (Phi) is 5.69. The van der Waals surface area contributed by atoms with Crippen LogP contribution in [0.2, 0.25) is 0 Å². The molecule has 0 bridgehead atoms. The number of hydrogen-bond acceptors (Lipinski definition) is 4. The van der Waals surface area contributed by atoms with Gasteiger partial charge in [0.25, 0.3) is 5.69 Å². The van der Waals surface area contributed by atoms with Crippen molar-refractivity contribution in [1.82, 2.24) is 0 Å². The third-order valence-electron chi connectivity index (χ3n) is 2.61. The molecule has 112 valence electrons. The van der Waals surface area contributed by atoms with Crippen LogP contribution in [0.25, 0.3) is 0 Å². The number of halogens is 2. The van der Waals surface area contributed by atoms with E-state index in [0.29, 0.717) is 6.42 Å². The number of rotatable bonds is 5. The van der Waals surface area contributed by atoms with Crippen molar-refractivity contribution in [3.05, 3.63) is 31.6 Å². The second kappa shape index (κ2) is 6.66. The molecule has 1 aromatic rings. The maximum Gasteiger partial charge on any atom is 0.293 e. The molecule has 0 radical (unpaired) electrons. The number of aliphatic hydroxyl groups excluding tert-OH is 1. The van der Waals surface area contributed by atoms with Crippen LogP contribution in [0.4, 0.5) is 15.8 Å². The first-order chi connectivity index (χ1) is 9.10. The Balaban J connectivity index is 2.82. The van der Waals surface area contributed by atoms with Gasteiger partial charge in [0, 0.05) is 18.7 Å². The smallest absolute Gasteiger partial charge is 0.293 e. The van der Waals surface area contributed by atoms with E-state index in [1.807, 2.05) is 20.8 Å². The molecule has 0 saturated carbocycles. The fourth-order valence-electron chi connectivity index (χ4n) is 1.84. The molecule has 0 fully saturated rings. The van der Waals surface area contributed by atoms with E-state index in [0.717, 1.165) is 6.07 Å². The highest BCUT2D eigenvalue weighted by atomic mass is 127. The number of nitrogens with one attached hydrogen (secondary N) is 1. The summed E-state index contributed by atoms with van der Waals surface area (Å²) < 4.78 is 13.7. The topological polar surface area (TPSA) is 75.4 Å². The van der Waals surface area contributed by atoms with Gasteiger partial charge >= 0.3 is 0 Å². The second-order valence-electron chi connectivity index (χ2n) is 5.84. The first-order valence-electron chi connectivity index (χ1n) is 6.15. The van der Waals surface area contributed by atoms with Crippen LogP contribution < -0.4 is 5.32 Å². The Labute approximate surface area is 130 Å². The first-order valence-corrected chi connectivity index (χ1v) is 7.23. The van der Waals surface area contributed by atoms with E-state index >= 15 is 0 Å². The number of aliphatic hydroxyl groups is 1. The Morgan fingerprint density at radius 1 is 1.50 bits per heavy atom. The molecule has 0 saturated heterocycles. The minimum Gasteiger partial charge on any atom is -0.391 e. The highest BCUT2D eigenvalue weighted by molar-refractivity contribution is 14.1. The van der Waals surface area contributed by atoms with E-state index in [-0.39, 0.29) is 26.9 Å². The molecule has 7 heteroatoms. The summed E-state index contributed by atoms with van der Waals surface area (Å²) in [6.45, 7) is 6.10. The number of benzene rings is 1. The van der Waals surface area contributed by atoms with Crippen molar-refractivity contribution in [1.29, 1.82) is 0 Å². The van der Waals surface area contributed by atoms with Gasteiger partial charge in [0.15, 0.2) is 0 Å². The van der Waals surface area contributed by atoms with Crippen LogP contribution in [-0.2, 0) is 0 Å². The zero-order valence-corrected chi connectivity index (χ0v) is 13.8. The van der Waals surface area contributed by atoms with E-state index < -0.39 is 16.8 Å².